The highest BCUT2D eigenvalue weighted by atomic mass is 32.2. The van der Waals surface area contributed by atoms with Crippen LogP contribution in [0.5, 0.6) is 5.75 Å². The highest BCUT2D eigenvalue weighted by molar-refractivity contribution is 8.18. The van der Waals surface area contributed by atoms with Crippen LogP contribution in [0.3, 0.4) is 0 Å². The molecule has 1 aromatic carbocycles. The lowest BCUT2D eigenvalue weighted by Crippen LogP contribution is -2.19. The third kappa shape index (κ3) is 5.55. The molecule has 144 valence electrons. The van der Waals surface area contributed by atoms with Crippen LogP contribution >= 0.6 is 11.8 Å². The zero-order chi connectivity index (χ0) is 19.8. The van der Waals surface area contributed by atoms with Crippen molar-refractivity contribution in [1.29, 1.82) is 0 Å². The summed E-state index contributed by atoms with van der Waals surface area (Å²) < 4.78 is 12.1. The fourth-order valence-corrected chi connectivity index (χ4v) is 2.87. The molecule has 1 aliphatic heterocycles. The predicted molar refractivity (Wildman–Crippen MR) is 105 cm³/mol. The van der Waals surface area contributed by atoms with Gasteiger partial charge in [0, 0.05) is 18.5 Å². The largest absolute Gasteiger partial charge is 0.492 e. The van der Waals surface area contributed by atoms with Crippen molar-refractivity contribution in [2.45, 2.75) is 6.54 Å². The Hall–Kier alpha value is -3.40. The van der Waals surface area contributed by atoms with Gasteiger partial charge in [-0.25, -0.2) is 9.78 Å². The molecule has 1 amide bonds. The minimum atomic E-state index is -0.602. The van der Waals surface area contributed by atoms with Gasteiger partial charge in [0.15, 0.2) is 5.17 Å². The molecular weight excluding hydrogens is 382 g/mol. The smallest absolute Gasteiger partial charge is 0.331 e. The molecular formula is C18H17N5O4S. The van der Waals surface area contributed by atoms with Crippen LogP contribution in [0.2, 0.25) is 0 Å². The second kappa shape index (κ2) is 9.51. The van der Waals surface area contributed by atoms with Crippen LogP contribution in [0.25, 0.3) is 0 Å². The summed E-state index contributed by atoms with van der Waals surface area (Å²) in [4.78, 5) is 27.1. The fourth-order valence-electron chi connectivity index (χ4n) is 2.13. The van der Waals surface area contributed by atoms with E-state index in [2.05, 4.69) is 25.2 Å². The first-order valence-corrected chi connectivity index (χ1v) is 9.04. The Labute approximate surface area is 165 Å². The van der Waals surface area contributed by atoms with Gasteiger partial charge in [0.05, 0.1) is 31.1 Å². The molecule has 0 spiro atoms. The number of imidazole rings is 1. The first-order valence-electron chi connectivity index (χ1n) is 8.22. The molecule has 0 saturated carbocycles. The number of rotatable bonds is 7. The van der Waals surface area contributed by atoms with E-state index in [9.17, 15) is 9.59 Å². The molecule has 1 saturated heterocycles. The maximum Gasteiger partial charge on any atom is 0.331 e. The van der Waals surface area contributed by atoms with Gasteiger partial charge in [-0.05, 0) is 41.6 Å². The summed E-state index contributed by atoms with van der Waals surface area (Å²) in [6.07, 6.45) is 8.01. The summed E-state index contributed by atoms with van der Waals surface area (Å²) in [5.41, 5.74) is 0.825. The van der Waals surface area contributed by atoms with E-state index < -0.39 is 11.9 Å². The molecule has 1 fully saturated rings. The number of esters is 1. The topological polar surface area (TPSA) is 107 Å². The molecule has 28 heavy (non-hydrogen) atoms. The van der Waals surface area contributed by atoms with Crippen LogP contribution < -0.4 is 10.1 Å². The number of hydrogen-bond acceptors (Lipinski definition) is 8. The molecule has 0 unspecified atom stereocenters. The van der Waals surface area contributed by atoms with Crippen LogP contribution in [0, 0.1) is 0 Å². The Morgan fingerprint density at radius 3 is 2.89 bits per heavy atom. The number of ether oxygens (including phenoxy) is 2. The van der Waals surface area contributed by atoms with Crippen molar-refractivity contribution in [3.63, 3.8) is 0 Å². The lowest BCUT2D eigenvalue weighted by Gasteiger charge is -2.06. The third-order valence-corrected chi connectivity index (χ3v) is 4.41. The molecule has 0 bridgehead atoms. The van der Waals surface area contributed by atoms with Crippen molar-refractivity contribution in [1.82, 2.24) is 14.9 Å². The summed E-state index contributed by atoms with van der Waals surface area (Å²) in [6.45, 7) is 1.26. The van der Waals surface area contributed by atoms with Gasteiger partial charge in [-0.15, -0.1) is 5.10 Å². The average Bonchev–Trinajstić information content (AvgIpc) is 3.33. The Bertz CT molecular complexity index is 920. The lowest BCUT2D eigenvalue weighted by atomic mass is 10.2. The number of methoxy groups -OCH3 is 1. The molecule has 1 aliphatic rings. The maximum absolute atomic E-state index is 11.7. The number of amidine groups is 1. The maximum atomic E-state index is 11.7. The molecule has 3 rings (SSSR count). The molecule has 10 heteroatoms. The molecule has 2 heterocycles. The van der Waals surface area contributed by atoms with Crippen molar-refractivity contribution in [2.75, 3.05) is 13.7 Å². The van der Waals surface area contributed by atoms with Gasteiger partial charge in [0.25, 0.3) is 5.91 Å². The van der Waals surface area contributed by atoms with Crippen molar-refractivity contribution in [3.8, 4) is 5.75 Å². The van der Waals surface area contributed by atoms with Crippen LogP contribution in [0.15, 0.2) is 64.2 Å². The van der Waals surface area contributed by atoms with Crippen LogP contribution in [0.4, 0.5) is 0 Å². The molecule has 9 nitrogen and oxygen atoms in total. The fraction of sp³-hybridized carbons (Fsp3) is 0.167. The summed E-state index contributed by atoms with van der Waals surface area (Å²) >= 11 is 1.02. The van der Waals surface area contributed by atoms with Crippen LogP contribution in [0.1, 0.15) is 5.56 Å². The molecule has 0 radical (unpaired) electrons. The monoisotopic (exact) mass is 399 g/mol. The van der Waals surface area contributed by atoms with Gasteiger partial charge in [-0.3, -0.25) is 10.1 Å². The quantitative estimate of drug-likeness (QED) is 0.328. The van der Waals surface area contributed by atoms with Gasteiger partial charge in [0.1, 0.15) is 12.4 Å². The summed E-state index contributed by atoms with van der Waals surface area (Å²) in [5.74, 6) is -0.268. The van der Waals surface area contributed by atoms with Gasteiger partial charge in [-0.1, -0.05) is 0 Å². The average molecular weight is 399 g/mol. The molecule has 0 atom stereocenters. The van der Waals surface area contributed by atoms with E-state index in [1.54, 1.807) is 18.7 Å². The molecule has 1 aromatic heterocycles. The minimum absolute atomic E-state index is 0.206. The van der Waals surface area contributed by atoms with Gasteiger partial charge in [0.2, 0.25) is 0 Å². The van der Waals surface area contributed by atoms with E-state index in [1.165, 1.54) is 7.11 Å². The number of hydrogen-bond donors (Lipinski definition) is 1. The van der Waals surface area contributed by atoms with E-state index >= 15 is 0 Å². The SMILES string of the molecule is COC(=O)/C=C1/S/C(=N\N=Cc2ccc(OCCn3ccnc3)cc2)NC1=O. The van der Waals surface area contributed by atoms with E-state index in [0.717, 1.165) is 35.7 Å². The zero-order valence-corrected chi connectivity index (χ0v) is 15.8. The van der Waals surface area contributed by atoms with E-state index in [-0.39, 0.29) is 10.1 Å². The van der Waals surface area contributed by atoms with Crippen LogP contribution in [-0.2, 0) is 20.9 Å². The number of nitrogens with zero attached hydrogens (tertiary/aromatic N) is 4. The van der Waals surface area contributed by atoms with Crippen LogP contribution in [-0.4, -0.2) is 46.5 Å². The third-order valence-electron chi connectivity index (χ3n) is 3.51. The number of thioether (sulfide) groups is 1. The van der Waals surface area contributed by atoms with E-state index in [4.69, 9.17) is 4.74 Å². The first kappa shape index (κ1) is 19.4. The molecule has 2 aromatic rings. The Morgan fingerprint density at radius 1 is 1.36 bits per heavy atom. The minimum Gasteiger partial charge on any atom is -0.492 e. The van der Waals surface area contributed by atoms with Gasteiger partial charge in [-0.2, -0.15) is 5.10 Å². The predicted octanol–water partition coefficient (Wildman–Crippen LogP) is 1.57. The number of amides is 1. The molecule has 0 aliphatic carbocycles. The Morgan fingerprint density at radius 2 is 2.18 bits per heavy atom. The lowest BCUT2D eigenvalue weighted by molar-refractivity contribution is -0.135. The van der Waals surface area contributed by atoms with Gasteiger partial charge >= 0.3 is 5.97 Å². The van der Waals surface area contributed by atoms with Crippen molar-refractivity contribution < 1.29 is 19.1 Å². The zero-order valence-electron chi connectivity index (χ0n) is 14.9. The second-order valence-corrected chi connectivity index (χ2v) is 6.49. The number of nitrogens with one attached hydrogen (secondary N) is 1. The highest BCUT2D eigenvalue weighted by Crippen LogP contribution is 2.23. The Kier molecular flexibility index (Phi) is 6.58. The summed E-state index contributed by atoms with van der Waals surface area (Å²) in [6, 6.07) is 7.37. The number of carbonyl (C=O) groups excluding carboxylic acids is 2. The second-order valence-electron chi connectivity index (χ2n) is 5.46. The van der Waals surface area contributed by atoms with Crippen molar-refractivity contribution in [2.24, 2.45) is 10.2 Å². The summed E-state index contributed by atoms with van der Waals surface area (Å²) in [5, 5.41) is 10.7. The first-order chi connectivity index (χ1) is 13.6. The standard InChI is InChI=1S/C18H17N5O4S/c1-26-16(24)10-15-17(25)21-18(28-15)22-20-11-13-2-4-14(5-3-13)27-9-8-23-7-6-19-12-23/h2-7,10-12H,8-9H2,1H3,(H,21,22,25)/b15-10+,20-11?. The highest BCUT2D eigenvalue weighted by Gasteiger charge is 2.24. The molecule has 1 N–H and O–H groups in total. The normalized spacial score (nSPS) is 16.7. The number of benzene rings is 1. The number of aromatic nitrogens is 2. The Balaban J connectivity index is 1.50. The van der Waals surface area contributed by atoms with E-state index in [1.807, 2.05) is 35.0 Å². The summed E-state index contributed by atoms with van der Waals surface area (Å²) in [7, 11) is 1.24. The van der Waals surface area contributed by atoms with Crippen molar-refractivity contribution >= 4 is 35.0 Å². The van der Waals surface area contributed by atoms with E-state index in [0.29, 0.717) is 6.61 Å². The van der Waals surface area contributed by atoms with Gasteiger partial charge < -0.3 is 14.0 Å². The number of carbonyl (C=O) groups is 2. The van der Waals surface area contributed by atoms with Crippen molar-refractivity contribution in [3.05, 3.63) is 59.5 Å².